The Hall–Kier alpha value is -0.790. The predicted molar refractivity (Wildman–Crippen MR) is 95.8 cm³/mol. The van der Waals surface area contributed by atoms with Crippen LogP contribution in [0.25, 0.3) is 0 Å². The molecule has 0 aromatic carbocycles. The highest BCUT2D eigenvalue weighted by atomic mass is 16.5. The van der Waals surface area contributed by atoms with Crippen molar-refractivity contribution in [1.29, 1.82) is 0 Å². The van der Waals surface area contributed by atoms with E-state index >= 15 is 0 Å². The van der Waals surface area contributed by atoms with Crippen molar-refractivity contribution in [1.82, 2.24) is 0 Å². The van der Waals surface area contributed by atoms with E-state index < -0.39 is 0 Å². The summed E-state index contributed by atoms with van der Waals surface area (Å²) in [4.78, 5) is 11.0. The number of esters is 1. The highest BCUT2D eigenvalue weighted by molar-refractivity contribution is 5.66. The molecule has 0 aromatic heterocycles. The summed E-state index contributed by atoms with van der Waals surface area (Å²) < 4.78 is 5.09. The van der Waals surface area contributed by atoms with Crippen LogP contribution < -0.4 is 0 Å². The normalized spacial score (nSPS) is 10.5. The Morgan fingerprint density at radius 1 is 0.727 bits per heavy atom. The van der Waals surface area contributed by atoms with E-state index in [9.17, 15) is 4.79 Å². The fourth-order valence-corrected chi connectivity index (χ4v) is 2.67. The van der Waals surface area contributed by atoms with Crippen molar-refractivity contribution < 1.29 is 9.53 Å². The van der Waals surface area contributed by atoms with Crippen molar-refractivity contribution in [2.75, 3.05) is 0 Å². The van der Waals surface area contributed by atoms with Crippen molar-refractivity contribution in [2.45, 2.75) is 111 Å². The molecule has 0 rings (SSSR count). The summed E-state index contributed by atoms with van der Waals surface area (Å²) in [5, 5.41) is 0. The second kappa shape index (κ2) is 16.6. The van der Waals surface area contributed by atoms with Gasteiger partial charge in [-0.1, -0.05) is 78.1 Å². The Bertz CT molecular complexity index is 263. The first-order chi connectivity index (χ1) is 10.7. The lowest BCUT2D eigenvalue weighted by Crippen LogP contribution is -1.94. The SMILES string of the molecule is CCCCCCCCC(=COC(C)=O)CCCCCCCC. The molecular formula is C20H38O2. The van der Waals surface area contributed by atoms with Gasteiger partial charge in [0.25, 0.3) is 0 Å². The quantitative estimate of drug-likeness (QED) is 0.186. The van der Waals surface area contributed by atoms with Crippen molar-refractivity contribution in [2.24, 2.45) is 0 Å². The third-order valence-corrected chi connectivity index (χ3v) is 4.09. The van der Waals surface area contributed by atoms with Crippen LogP contribution in [0, 0.1) is 0 Å². The van der Waals surface area contributed by atoms with Gasteiger partial charge in [-0.15, -0.1) is 0 Å². The molecule has 2 nitrogen and oxygen atoms in total. The van der Waals surface area contributed by atoms with E-state index in [-0.39, 0.29) is 5.97 Å². The summed E-state index contributed by atoms with van der Waals surface area (Å²) in [6.45, 7) is 5.98. The van der Waals surface area contributed by atoms with Crippen LogP contribution in [-0.2, 0) is 9.53 Å². The van der Waals surface area contributed by atoms with E-state index in [0.29, 0.717) is 0 Å². The zero-order valence-electron chi connectivity index (χ0n) is 15.3. The smallest absolute Gasteiger partial charge is 0.307 e. The highest BCUT2D eigenvalue weighted by Gasteiger charge is 2.01. The summed E-state index contributed by atoms with van der Waals surface area (Å²) in [6.07, 6.45) is 19.7. The van der Waals surface area contributed by atoms with Crippen LogP contribution in [0.2, 0.25) is 0 Å². The lowest BCUT2D eigenvalue weighted by atomic mass is 10.0. The van der Waals surface area contributed by atoms with Crippen LogP contribution in [0.15, 0.2) is 11.8 Å². The fraction of sp³-hybridized carbons (Fsp3) is 0.850. The van der Waals surface area contributed by atoms with Gasteiger partial charge in [0, 0.05) is 6.92 Å². The topological polar surface area (TPSA) is 26.3 Å². The molecule has 0 bridgehead atoms. The number of allylic oxidation sites excluding steroid dienone is 1. The van der Waals surface area contributed by atoms with Crippen molar-refractivity contribution in [3.8, 4) is 0 Å². The molecule has 0 amide bonds. The van der Waals surface area contributed by atoms with Gasteiger partial charge in [-0.25, -0.2) is 0 Å². The molecule has 0 aliphatic carbocycles. The summed E-state index contributed by atoms with van der Waals surface area (Å²) in [5.41, 5.74) is 1.32. The van der Waals surface area contributed by atoms with Gasteiger partial charge in [0.15, 0.2) is 0 Å². The minimum absolute atomic E-state index is 0.205. The van der Waals surface area contributed by atoms with Gasteiger partial charge in [0.05, 0.1) is 6.26 Å². The molecule has 0 aromatic rings. The number of rotatable bonds is 15. The number of hydrogen-bond acceptors (Lipinski definition) is 2. The third-order valence-electron chi connectivity index (χ3n) is 4.09. The van der Waals surface area contributed by atoms with E-state index in [4.69, 9.17) is 4.74 Å². The average molecular weight is 311 g/mol. The zero-order chi connectivity index (χ0) is 16.5. The first-order valence-corrected chi connectivity index (χ1v) is 9.55. The molecule has 0 atom stereocenters. The van der Waals surface area contributed by atoms with E-state index in [2.05, 4.69) is 13.8 Å². The van der Waals surface area contributed by atoms with Crippen LogP contribution in [0.5, 0.6) is 0 Å². The number of unbranched alkanes of at least 4 members (excludes halogenated alkanes) is 10. The average Bonchev–Trinajstić information content (AvgIpc) is 2.50. The van der Waals surface area contributed by atoms with E-state index in [1.54, 1.807) is 6.26 Å². The Kier molecular flexibility index (Phi) is 16.0. The monoisotopic (exact) mass is 310 g/mol. The second-order valence-corrected chi connectivity index (χ2v) is 6.42. The first-order valence-electron chi connectivity index (χ1n) is 9.55. The van der Waals surface area contributed by atoms with Gasteiger partial charge >= 0.3 is 5.97 Å². The predicted octanol–water partition coefficient (Wildman–Crippen LogP) is 6.93. The lowest BCUT2D eigenvalue weighted by Gasteiger charge is -2.08. The minimum atomic E-state index is -0.205. The number of ether oxygens (including phenoxy) is 1. The Balaban J connectivity index is 3.85. The molecule has 0 aliphatic rings. The molecule has 0 saturated carbocycles. The van der Waals surface area contributed by atoms with Crippen LogP contribution in [-0.4, -0.2) is 5.97 Å². The third kappa shape index (κ3) is 15.6. The van der Waals surface area contributed by atoms with Crippen molar-refractivity contribution in [3.05, 3.63) is 11.8 Å². The van der Waals surface area contributed by atoms with Crippen LogP contribution in [0.3, 0.4) is 0 Å². The van der Waals surface area contributed by atoms with Gasteiger partial charge in [-0.05, 0) is 31.3 Å². The van der Waals surface area contributed by atoms with Crippen LogP contribution in [0.1, 0.15) is 111 Å². The summed E-state index contributed by atoms with van der Waals surface area (Å²) in [6, 6.07) is 0. The summed E-state index contributed by atoms with van der Waals surface area (Å²) in [5.74, 6) is -0.205. The maximum Gasteiger partial charge on any atom is 0.307 e. The number of hydrogen-bond donors (Lipinski definition) is 0. The standard InChI is InChI=1S/C20H38O2/c1-4-6-8-10-12-14-16-20(18-22-19(3)21)17-15-13-11-9-7-5-2/h18H,4-17H2,1-3H3. The van der Waals surface area contributed by atoms with Crippen molar-refractivity contribution >= 4 is 5.97 Å². The first kappa shape index (κ1) is 21.2. The molecule has 0 heterocycles. The van der Waals surface area contributed by atoms with Gasteiger partial charge < -0.3 is 4.74 Å². The molecule has 0 radical (unpaired) electrons. The van der Waals surface area contributed by atoms with Gasteiger partial charge in [-0.2, -0.15) is 0 Å². The van der Waals surface area contributed by atoms with E-state index in [1.807, 2.05) is 0 Å². The van der Waals surface area contributed by atoms with Crippen LogP contribution in [0.4, 0.5) is 0 Å². The Morgan fingerprint density at radius 3 is 1.55 bits per heavy atom. The van der Waals surface area contributed by atoms with Crippen molar-refractivity contribution in [3.63, 3.8) is 0 Å². The minimum Gasteiger partial charge on any atom is -0.435 e. The molecule has 0 fully saturated rings. The largest absolute Gasteiger partial charge is 0.435 e. The molecular weight excluding hydrogens is 272 g/mol. The molecule has 130 valence electrons. The molecule has 0 unspecified atom stereocenters. The number of carbonyl (C=O) groups is 1. The zero-order valence-corrected chi connectivity index (χ0v) is 15.3. The molecule has 0 spiro atoms. The number of carbonyl (C=O) groups excluding carboxylic acids is 1. The maximum atomic E-state index is 11.0. The van der Waals surface area contributed by atoms with E-state index in [1.165, 1.54) is 89.5 Å². The maximum absolute atomic E-state index is 11.0. The Morgan fingerprint density at radius 2 is 1.14 bits per heavy atom. The van der Waals surface area contributed by atoms with Gasteiger partial charge in [0.2, 0.25) is 0 Å². The fourth-order valence-electron chi connectivity index (χ4n) is 2.67. The highest BCUT2D eigenvalue weighted by Crippen LogP contribution is 2.18. The second-order valence-electron chi connectivity index (χ2n) is 6.42. The summed E-state index contributed by atoms with van der Waals surface area (Å²) >= 11 is 0. The molecule has 2 heteroatoms. The molecule has 0 aliphatic heterocycles. The van der Waals surface area contributed by atoms with Gasteiger partial charge in [-0.3, -0.25) is 4.79 Å². The van der Waals surface area contributed by atoms with E-state index in [0.717, 1.165) is 12.8 Å². The molecule has 0 N–H and O–H groups in total. The van der Waals surface area contributed by atoms with Gasteiger partial charge in [0.1, 0.15) is 0 Å². The molecule has 0 saturated heterocycles. The van der Waals surface area contributed by atoms with Crippen LogP contribution >= 0.6 is 0 Å². The Labute approximate surface area is 138 Å². The summed E-state index contributed by atoms with van der Waals surface area (Å²) in [7, 11) is 0. The molecule has 22 heavy (non-hydrogen) atoms. The lowest BCUT2D eigenvalue weighted by molar-refractivity contribution is -0.135.